The van der Waals surface area contributed by atoms with Crippen LogP contribution in [0.2, 0.25) is 0 Å². The Morgan fingerprint density at radius 2 is 2.11 bits per heavy atom. The topological polar surface area (TPSA) is 41.1 Å². The van der Waals surface area contributed by atoms with E-state index in [4.69, 9.17) is 0 Å². The summed E-state index contributed by atoms with van der Waals surface area (Å²) in [4.78, 5) is 12.2. The van der Waals surface area contributed by atoms with Crippen LogP contribution in [-0.2, 0) is 11.2 Å². The van der Waals surface area contributed by atoms with Gasteiger partial charge in [0, 0.05) is 6.54 Å². The minimum absolute atomic E-state index is 0. The van der Waals surface area contributed by atoms with Crippen LogP contribution in [0.1, 0.15) is 31.7 Å². The van der Waals surface area contributed by atoms with Gasteiger partial charge in [0.1, 0.15) is 0 Å². The van der Waals surface area contributed by atoms with E-state index in [1.54, 1.807) is 0 Å². The van der Waals surface area contributed by atoms with E-state index < -0.39 is 0 Å². The van der Waals surface area contributed by atoms with Crippen molar-refractivity contribution in [2.24, 2.45) is 0 Å². The largest absolute Gasteiger partial charge is 0.354 e. The van der Waals surface area contributed by atoms with Gasteiger partial charge in [-0.2, -0.15) is 0 Å². The average molecular weight is 283 g/mol. The van der Waals surface area contributed by atoms with Crippen molar-refractivity contribution in [2.45, 2.75) is 38.1 Å². The summed E-state index contributed by atoms with van der Waals surface area (Å²) in [6.07, 6.45) is 3.82. The van der Waals surface area contributed by atoms with Crippen molar-refractivity contribution in [3.05, 3.63) is 35.9 Å². The normalized spacial score (nSPS) is 21.7. The Balaban J connectivity index is 0.00000180. The van der Waals surface area contributed by atoms with Crippen LogP contribution >= 0.6 is 12.4 Å². The van der Waals surface area contributed by atoms with Gasteiger partial charge in [0.2, 0.25) is 5.91 Å². The number of hydrogen-bond donors (Lipinski definition) is 2. The van der Waals surface area contributed by atoms with Gasteiger partial charge in [-0.25, -0.2) is 0 Å². The zero-order valence-corrected chi connectivity index (χ0v) is 12.3. The Hall–Kier alpha value is -1.06. The monoisotopic (exact) mass is 282 g/mol. The lowest BCUT2D eigenvalue weighted by molar-refractivity contribution is -0.127. The van der Waals surface area contributed by atoms with Crippen molar-refractivity contribution in [3.8, 4) is 0 Å². The highest BCUT2D eigenvalue weighted by atomic mass is 35.5. The quantitative estimate of drug-likeness (QED) is 0.870. The number of amides is 1. The molecule has 1 aliphatic rings. The molecule has 1 saturated heterocycles. The van der Waals surface area contributed by atoms with Gasteiger partial charge >= 0.3 is 0 Å². The second-order valence-corrected chi connectivity index (χ2v) is 4.96. The Kier molecular flexibility index (Phi) is 6.32. The SMILES string of the molecule is CCC1(C(=O)NCCc2ccccc2)CCCN1.Cl. The van der Waals surface area contributed by atoms with E-state index in [1.807, 2.05) is 18.2 Å². The Bertz CT molecular complexity index is 388. The molecule has 106 valence electrons. The van der Waals surface area contributed by atoms with Gasteiger partial charge in [0.25, 0.3) is 0 Å². The fourth-order valence-electron chi connectivity index (χ4n) is 2.60. The van der Waals surface area contributed by atoms with Crippen molar-refractivity contribution in [1.82, 2.24) is 10.6 Å². The van der Waals surface area contributed by atoms with Crippen LogP contribution in [0.4, 0.5) is 0 Å². The molecule has 0 saturated carbocycles. The van der Waals surface area contributed by atoms with Gasteiger partial charge in [-0.3, -0.25) is 4.79 Å². The van der Waals surface area contributed by atoms with Gasteiger partial charge in [-0.15, -0.1) is 12.4 Å². The standard InChI is InChI=1S/C15H22N2O.ClH/c1-2-15(10-6-11-17-15)14(18)16-12-9-13-7-4-3-5-8-13;/h3-5,7-8,17H,2,6,9-12H2,1H3,(H,16,18);1H. The first-order valence-electron chi connectivity index (χ1n) is 6.84. The number of nitrogens with one attached hydrogen (secondary N) is 2. The van der Waals surface area contributed by atoms with E-state index >= 15 is 0 Å². The molecular weight excluding hydrogens is 260 g/mol. The van der Waals surface area contributed by atoms with Crippen LogP contribution < -0.4 is 10.6 Å². The van der Waals surface area contributed by atoms with E-state index in [2.05, 4.69) is 29.7 Å². The summed E-state index contributed by atoms with van der Waals surface area (Å²) in [6.45, 7) is 3.75. The maximum atomic E-state index is 12.2. The molecule has 1 aliphatic heterocycles. The van der Waals surface area contributed by atoms with Gasteiger partial charge in [0.15, 0.2) is 0 Å². The average Bonchev–Trinajstić information content (AvgIpc) is 2.90. The molecule has 0 radical (unpaired) electrons. The molecule has 2 N–H and O–H groups in total. The lowest BCUT2D eigenvalue weighted by Gasteiger charge is -2.26. The minimum Gasteiger partial charge on any atom is -0.354 e. The van der Waals surface area contributed by atoms with Crippen LogP contribution in [0.5, 0.6) is 0 Å². The Morgan fingerprint density at radius 1 is 1.37 bits per heavy atom. The number of halogens is 1. The number of hydrogen-bond acceptors (Lipinski definition) is 2. The molecule has 0 spiro atoms. The summed E-state index contributed by atoms with van der Waals surface area (Å²) in [5, 5.41) is 6.42. The van der Waals surface area contributed by atoms with Crippen LogP contribution in [0.15, 0.2) is 30.3 Å². The van der Waals surface area contributed by atoms with Crippen LogP contribution in [0.25, 0.3) is 0 Å². The van der Waals surface area contributed by atoms with Gasteiger partial charge < -0.3 is 10.6 Å². The summed E-state index contributed by atoms with van der Waals surface area (Å²) in [6, 6.07) is 10.3. The molecule has 1 atom stereocenters. The third kappa shape index (κ3) is 3.95. The highest BCUT2D eigenvalue weighted by molar-refractivity contribution is 5.86. The minimum atomic E-state index is -0.309. The lowest BCUT2D eigenvalue weighted by Crippen LogP contribution is -2.53. The molecule has 1 fully saturated rings. The molecule has 2 rings (SSSR count). The van der Waals surface area contributed by atoms with Gasteiger partial charge in [0.05, 0.1) is 5.54 Å². The molecule has 1 aromatic carbocycles. The number of carbonyl (C=O) groups is 1. The lowest BCUT2D eigenvalue weighted by atomic mass is 9.93. The number of benzene rings is 1. The third-order valence-electron chi connectivity index (χ3n) is 3.82. The van der Waals surface area contributed by atoms with Crippen molar-refractivity contribution in [1.29, 1.82) is 0 Å². The predicted octanol–water partition coefficient (Wildman–Crippen LogP) is 2.30. The van der Waals surface area contributed by atoms with E-state index in [9.17, 15) is 4.79 Å². The second kappa shape index (κ2) is 7.51. The van der Waals surface area contributed by atoms with E-state index in [0.29, 0.717) is 6.54 Å². The molecule has 1 heterocycles. The fourth-order valence-corrected chi connectivity index (χ4v) is 2.60. The van der Waals surface area contributed by atoms with E-state index in [-0.39, 0.29) is 23.9 Å². The third-order valence-corrected chi connectivity index (χ3v) is 3.82. The molecule has 4 heteroatoms. The van der Waals surface area contributed by atoms with Crippen LogP contribution in [-0.4, -0.2) is 24.5 Å². The first kappa shape index (κ1) is 16.0. The maximum absolute atomic E-state index is 12.2. The van der Waals surface area contributed by atoms with Crippen molar-refractivity contribution in [3.63, 3.8) is 0 Å². The molecule has 0 aliphatic carbocycles. The maximum Gasteiger partial charge on any atom is 0.240 e. The smallest absolute Gasteiger partial charge is 0.240 e. The zero-order chi connectivity index (χ0) is 12.8. The molecular formula is C15H23ClN2O. The Morgan fingerprint density at radius 3 is 2.68 bits per heavy atom. The predicted molar refractivity (Wildman–Crippen MR) is 80.7 cm³/mol. The van der Waals surface area contributed by atoms with Crippen LogP contribution in [0, 0.1) is 0 Å². The zero-order valence-electron chi connectivity index (χ0n) is 11.4. The van der Waals surface area contributed by atoms with Crippen molar-refractivity contribution < 1.29 is 4.79 Å². The number of rotatable bonds is 5. The summed E-state index contributed by atoms with van der Waals surface area (Å²) >= 11 is 0. The van der Waals surface area contributed by atoms with E-state index in [1.165, 1.54) is 5.56 Å². The summed E-state index contributed by atoms with van der Waals surface area (Å²) in [5.41, 5.74) is 0.958. The highest BCUT2D eigenvalue weighted by Gasteiger charge is 2.38. The molecule has 0 aromatic heterocycles. The fraction of sp³-hybridized carbons (Fsp3) is 0.533. The summed E-state index contributed by atoms with van der Waals surface area (Å²) in [7, 11) is 0. The number of carbonyl (C=O) groups excluding carboxylic acids is 1. The van der Waals surface area contributed by atoms with Crippen LogP contribution in [0.3, 0.4) is 0 Å². The van der Waals surface area contributed by atoms with Gasteiger partial charge in [-0.1, -0.05) is 37.3 Å². The second-order valence-electron chi connectivity index (χ2n) is 4.96. The molecule has 1 amide bonds. The van der Waals surface area contributed by atoms with Gasteiger partial charge in [-0.05, 0) is 37.8 Å². The molecule has 19 heavy (non-hydrogen) atoms. The summed E-state index contributed by atoms with van der Waals surface area (Å²) < 4.78 is 0. The molecule has 1 aromatic rings. The van der Waals surface area contributed by atoms with Crippen molar-refractivity contribution in [2.75, 3.05) is 13.1 Å². The Labute approximate surface area is 121 Å². The first-order valence-corrected chi connectivity index (χ1v) is 6.84. The van der Waals surface area contributed by atoms with Crippen molar-refractivity contribution >= 4 is 18.3 Å². The summed E-state index contributed by atoms with van der Waals surface area (Å²) in [5.74, 6) is 0.165. The highest BCUT2D eigenvalue weighted by Crippen LogP contribution is 2.22. The molecule has 1 unspecified atom stereocenters. The first-order chi connectivity index (χ1) is 8.77. The molecule has 3 nitrogen and oxygen atoms in total. The van der Waals surface area contributed by atoms with E-state index in [0.717, 1.165) is 32.2 Å². The molecule has 0 bridgehead atoms.